The van der Waals surface area contributed by atoms with Gasteiger partial charge in [0.25, 0.3) is 5.69 Å². The normalized spacial score (nSPS) is 10.9. The molecule has 120 valence electrons. The van der Waals surface area contributed by atoms with Crippen LogP contribution >= 0.6 is 22.9 Å². The maximum atomic E-state index is 10.7. The van der Waals surface area contributed by atoms with Gasteiger partial charge >= 0.3 is 0 Å². The molecule has 0 aliphatic carbocycles. The van der Waals surface area contributed by atoms with E-state index in [1.165, 1.54) is 23.5 Å². The lowest BCUT2D eigenvalue weighted by atomic mass is 10.1. The molecule has 0 saturated heterocycles. The number of benzene rings is 2. The molecule has 0 unspecified atom stereocenters. The molecule has 1 N–H and O–H groups in total. The van der Waals surface area contributed by atoms with Gasteiger partial charge < -0.3 is 0 Å². The Kier molecular flexibility index (Phi) is 4.83. The number of hydrazone groups is 1. The van der Waals surface area contributed by atoms with Gasteiger partial charge in [-0.25, -0.2) is 4.98 Å². The molecule has 8 heteroatoms. The average molecular weight is 359 g/mol. The number of rotatable bonds is 5. The van der Waals surface area contributed by atoms with Crippen molar-refractivity contribution in [3.8, 4) is 11.3 Å². The topological polar surface area (TPSA) is 80.4 Å². The molecule has 0 aliphatic heterocycles. The molecule has 0 amide bonds. The van der Waals surface area contributed by atoms with Gasteiger partial charge in [0.05, 0.1) is 16.8 Å². The Labute approximate surface area is 146 Å². The van der Waals surface area contributed by atoms with Crippen LogP contribution in [0.15, 0.2) is 59.0 Å². The molecule has 24 heavy (non-hydrogen) atoms. The third-order valence-electron chi connectivity index (χ3n) is 3.12. The summed E-state index contributed by atoms with van der Waals surface area (Å²) >= 11 is 7.23. The van der Waals surface area contributed by atoms with Crippen LogP contribution in [-0.4, -0.2) is 16.1 Å². The number of non-ortho nitro benzene ring substituents is 1. The second-order valence-electron chi connectivity index (χ2n) is 4.76. The number of nitrogens with zero attached hydrogens (tertiary/aromatic N) is 3. The molecule has 6 nitrogen and oxygen atoms in total. The van der Waals surface area contributed by atoms with E-state index in [4.69, 9.17) is 11.6 Å². The van der Waals surface area contributed by atoms with Crippen molar-refractivity contribution in [3.05, 3.63) is 74.6 Å². The van der Waals surface area contributed by atoms with Crippen molar-refractivity contribution in [1.82, 2.24) is 4.98 Å². The van der Waals surface area contributed by atoms with Gasteiger partial charge in [-0.1, -0.05) is 23.7 Å². The van der Waals surface area contributed by atoms with Crippen molar-refractivity contribution in [2.24, 2.45) is 5.10 Å². The fourth-order valence-corrected chi connectivity index (χ4v) is 2.72. The van der Waals surface area contributed by atoms with Crippen LogP contribution in [0.2, 0.25) is 5.02 Å². The lowest BCUT2D eigenvalue weighted by Gasteiger charge is -1.97. The number of hydrogen-bond acceptors (Lipinski definition) is 6. The first-order valence-electron chi connectivity index (χ1n) is 6.87. The van der Waals surface area contributed by atoms with Gasteiger partial charge in [0.1, 0.15) is 0 Å². The lowest BCUT2D eigenvalue weighted by Crippen LogP contribution is -1.90. The Bertz CT molecular complexity index is 876. The van der Waals surface area contributed by atoms with Crippen LogP contribution in [0, 0.1) is 10.1 Å². The highest BCUT2D eigenvalue weighted by atomic mass is 35.5. The quantitative estimate of drug-likeness (QED) is 0.403. The molecule has 0 atom stereocenters. The number of hydrogen-bond donors (Lipinski definition) is 1. The van der Waals surface area contributed by atoms with E-state index in [-0.39, 0.29) is 5.69 Å². The molecule has 0 aliphatic rings. The highest BCUT2D eigenvalue weighted by Crippen LogP contribution is 2.26. The zero-order valence-electron chi connectivity index (χ0n) is 12.2. The summed E-state index contributed by atoms with van der Waals surface area (Å²) in [5.74, 6) is 0. The molecular formula is C16H11ClN4O2S. The minimum atomic E-state index is -0.427. The van der Waals surface area contributed by atoms with Crippen LogP contribution in [0.5, 0.6) is 0 Å². The van der Waals surface area contributed by atoms with E-state index >= 15 is 0 Å². The van der Waals surface area contributed by atoms with Gasteiger partial charge in [-0.05, 0) is 29.8 Å². The monoisotopic (exact) mass is 358 g/mol. The zero-order chi connectivity index (χ0) is 16.9. The number of nitro benzene ring substituents is 1. The maximum absolute atomic E-state index is 10.7. The first kappa shape index (κ1) is 16.1. The summed E-state index contributed by atoms with van der Waals surface area (Å²) in [5, 5.41) is 18.0. The lowest BCUT2D eigenvalue weighted by molar-refractivity contribution is -0.384. The van der Waals surface area contributed by atoms with Crippen molar-refractivity contribution >= 4 is 40.0 Å². The summed E-state index contributed by atoms with van der Waals surface area (Å²) in [6.45, 7) is 0. The van der Waals surface area contributed by atoms with Crippen LogP contribution in [0.1, 0.15) is 5.56 Å². The van der Waals surface area contributed by atoms with Crippen LogP contribution < -0.4 is 5.43 Å². The van der Waals surface area contributed by atoms with Gasteiger partial charge in [0.2, 0.25) is 5.13 Å². The SMILES string of the molecule is O=[N+]([O-])c1ccc(-c2csc(NN=Cc3ccc(Cl)cc3)n2)cc1. The molecule has 0 fully saturated rings. The Balaban J connectivity index is 1.67. The zero-order valence-corrected chi connectivity index (χ0v) is 13.8. The molecule has 0 radical (unpaired) electrons. The van der Waals surface area contributed by atoms with Crippen molar-refractivity contribution in [2.45, 2.75) is 0 Å². The standard InChI is InChI=1S/C16H11ClN4O2S/c17-13-5-1-11(2-6-13)9-18-20-16-19-15(10-24-16)12-3-7-14(8-4-12)21(22)23/h1-10H,(H,19,20). The molecule has 0 saturated carbocycles. The van der Waals surface area contributed by atoms with Crippen LogP contribution in [0.25, 0.3) is 11.3 Å². The van der Waals surface area contributed by atoms with E-state index in [0.717, 1.165) is 16.8 Å². The molecule has 0 bridgehead atoms. The highest BCUT2D eigenvalue weighted by Gasteiger charge is 2.07. The van der Waals surface area contributed by atoms with Crippen LogP contribution in [0.4, 0.5) is 10.8 Å². The Hall–Kier alpha value is -2.77. The van der Waals surface area contributed by atoms with Crippen LogP contribution in [-0.2, 0) is 0 Å². The Morgan fingerprint density at radius 2 is 1.88 bits per heavy atom. The average Bonchev–Trinajstić information content (AvgIpc) is 3.06. The molecule has 1 heterocycles. The largest absolute Gasteiger partial charge is 0.269 e. The number of thiazole rings is 1. The van der Waals surface area contributed by atoms with Gasteiger partial charge in [0.15, 0.2) is 0 Å². The van der Waals surface area contributed by atoms with E-state index in [2.05, 4.69) is 15.5 Å². The third kappa shape index (κ3) is 3.95. The predicted octanol–water partition coefficient (Wildman–Crippen LogP) is 4.82. The van der Waals surface area contributed by atoms with E-state index < -0.39 is 4.92 Å². The summed E-state index contributed by atoms with van der Waals surface area (Å²) in [7, 11) is 0. The minimum Gasteiger partial charge on any atom is -0.258 e. The molecule has 3 aromatic rings. The van der Waals surface area contributed by atoms with Crippen LogP contribution in [0.3, 0.4) is 0 Å². The second-order valence-corrected chi connectivity index (χ2v) is 6.06. The van der Waals surface area contributed by atoms with Gasteiger partial charge in [0, 0.05) is 28.1 Å². The fraction of sp³-hybridized carbons (Fsp3) is 0. The van der Waals surface area contributed by atoms with Crippen molar-refractivity contribution in [1.29, 1.82) is 0 Å². The summed E-state index contributed by atoms with van der Waals surface area (Å²) in [6.07, 6.45) is 1.67. The molecule has 1 aromatic heterocycles. The maximum Gasteiger partial charge on any atom is 0.269 e. The fourth-order valence-electron chi connectivity index (χ4n) is 1.92. The van der Waals surface area contributed by atoms with E-state index in [1.807, 2.05) is 17.5 Å². The van der Waals surface area contributed by atoms with Gasteiger partial charge in [-0.15, -0.1) is 11.3 Å². The molecular weight excluding hydrogens is 348 g/mol. The number of nitrogens with one attached hydrogen (secondary N) is 1. The third-order valence-corrected chi connectivity index (χ3v) is 4.12. The van der Waals surface area contributed by atoms with Crippen molar-refractivity contribution in [3.63, 3.8) is 0 Å². The first-order chi connectivity index (χ1) is 11.6. The molecule has 0 spiro atoms. The smallest absolute Gasteiger partial charge is 0.258 e. The van der Waals surface area contributed by atoms with Crippen molar-refractivity contribution < 1.29 is 4.92 Å². The van der Waals surface area contributed by atoms with Gasteiger partial charge in [-0.3, -0.25) is 15.5 Å². The first-order valence-corrected chi connectivity index (χ1v) is 8.12. The van der Waals surface area contributed by atoms with E-state index in [9.17, 15) is 10.1 Å². The van der Waals surface area contributed by atoms with Gasteiger partial charge in [-0.2, -0.15) is 5.10 Å². The van der Waals surface area contributed by atoms with E-state index in [0.29, 0.717) is 10.2 Å². The Morgan fingerprint density at radius 1 is 1.17 bits per heavy atom. The number of halogens is 1. The molecule has 2 aromatic carbocycles. The number of anilines is 1. The van der Waals surface area contributed by atoms with Crippen molar-refractivity contribution in [2.75, 3.05) is 5.43 Å². The predicted molar refractivity (Wildman–Crippen MR) is 96.9 cm³/mol. The second kappa shape index (κ2) is 7.20. The number of nitro groups is 1. The highest BCUT2D eigenvalue weighted by molar-refractivity contribution is 7.14. The Morgan fingerprint density at radius 3 is 2.54 bits per heavy atom. The van der Waals surface area contributed by atoms with E-state index in [1.54, 1.807) is 30.5 Å². The summed E-state index contributed by atoms with van der Waals surface area (Å²) in [6, 6.07) is 13.6. The summed E-state index contributed by atoms with van der Waals surface area (Å²) < 4.78 is 0. The number of aromatic nitrogens is 1. The summed E-state index contributed by atoms with van der Waals surface area (Å²) in [5.41, 5.74) is 5.38. The molecule has 3 rings (SSSR count). The summed E-state index contributed by atoms with van der Waals surface area (Å²) in [4.78, 5) is 14.6. The minimum absolute atomic E-state index is 0.0555.